The van der Waals surface area contributed by atoms with Gasteiger partial charge in [0, 0.05) is 31.2 Å². The van der Waals surface area contributed by atoms with Gasteiger partial charge in [-0.3, -0.25) is 4.79 Å². The number of nitrogens with zero attached hydrogens (tertiary/aromatic N) is 2. The number of rotatable bonds is 9. The first-order chi connectivity index (χ1) is 15.2. The SMILES string of the molecule is CCCN1CCC(NC(=NCc2cccc(C(=O)NCc3ccco3)c2)NCC)CC1.I. The number of hydrogen-bond acceptors (Lipinski definition) is 4. The number of benzene rings is 1. The molecule has 1 aliphatic rings. The molecule has 0 saturated carbocycles. The summed E-state index contributed by atoms with van der Waals surface area (Å²) in [6.07, 6.45) is 5.08. The molecule has 8 heteroatoms. The van der Waals surface area contributed by atoms with E-state index >= 15 is 0 Å². The molecule has 2 aromatic rings. The van der Waals surface area contributed by atoms with Crippen molar-refractivity contribution in [3.05, 3.63) is 59.5 Å². The van der Waals surface area contributed by atoms with Crippen LogP contribution in [0.2, 0.25) is 0 Å². The van der Waals surface area contributed by atoms with Gasteiger partial charge < -0.3 is 25.3 Å². The number of carbonyl (C=O) groups is 1. The molecule has 0 unspecified atom stereocenters. The molecule has 0 spiro atoms. The molecule has 7 nitrogen and oxygen atoms in total. The summed E-state index contributed by atoms with van der Waals surface area (Å²) < 4.78 is 5.26. The fourth-order valence-corrected chi connectivity index (χ4v) is 3.79. The molecule has 1 aromatic heterocycles. The van der Waals surface area contributed by atoms with Crippen molar-refractivity contribution in [2.75, 3.05) is 26.2 Å². The predicted octanol–water partition coefficient (Wildman–Crippen LogP) is 3.76. The molecule has 3 N–H and O–H groups in total. The Morgan fingerprint density at radius 1 is 1.16 bits per heavy atom. The Hall–Kier alpha value is -2.07. The fraction of sp³-hybridized carbons (Fsp3) is 0.500. The van der Waals surface area contributed by atoms with Crippen LogP contribution in [0.5, 0.6) is 0 Å². The van der Waals surface area contributed by atoms with Crippen LogP contribution in [0, 0.1) is 0 Å². The zero-order valence-electron chi connectivity index (χ0n) is 19.1. The molecule has 0 atom stereocenters. The van der Waals surface area contributed by atoms with Crippen LogP contribution < -0.4 is 16.0 Å². The lowest BCUT2D eigenvalue weighted by atomic mass is 10.1. The Balaban J connectivity index is 0.00000363. The van der Waals surface area contributed by atoms with Crippen molar-refractivity contribution in [1.82, 2.24) is 20.9 Å². The third kappa shape index (κ3) is 8.46. The molecule has 2 heterocycles. The maximum atomic E-state index is 12.5. The third-order valence-corrected chi connectivity index (χ3v) is 5.42. The number of guanidine groups is 1. The number of carbonyl (C=O) groups excluding carboxylic acids is 1. The summed E-state index contributed by atoms with van der Waals surface area (Å²) in [5, 5.41) is 9.81. The van der Waals surface area contributed by atoms with Crippen LogP contribution in [0.4, 0.5) is 0 Å². The number of furan rings is 1. The topological polar surface area (TPSA) is 81.9 Å². The van der Waals surface area contributed by atoms with Gasteiger partial charge in [-0.15, -0.1) is 24.0 Å². The molecule has 1 aliphatic heterocycles. The minimum absolute atomic E-state index is 0. The second-order valence-electron chi connectivity index (χ2n) is 7.92. The van der Waals surface area contributed by atoms with Gasteiger partial charge in [-0.1, -0.05) is 19.1 Å². The normalized spacial score (nSPS) is 15.1. The smallest absolute Gasteiger partial charge is 0.251 e. The van der Waals surface area contributed by atoms with Gasteiger partial charge in [-0.05, 0) is 62.6 Å². The standard InChI is InChI=1S/C24H35N5O2.HI/c1-3-12-29-13-10-21(11-14-29)28-24(25-4-2)27-17-19-7-5-8-20(16-19)23(30)26-18-22-9-6-15-31-22;/h5-9,15-16,21H,3-4,10-14,17-18H2,1-2H3,(H,26,30)(H2,25,27,28);1H. The van der Waals surface area contributed by atoms with Gasteiger partial charge in [0.25, 0.3) is 5.91 Å². The highest BCUT2D eigenvalue weighted by atomic mass is 127. The molecule has 0 bridgehead atoms. The molecule has 1 amide bonds. The van der Waals surface area contributed by atoms with E-state index < -0.39 is 0 Å². The Morgan fingerprint density at radius 2 is 1.97 bits per heavy atom. The first kappa shape index (κ1) is 26.2. The Labute approximate surface area is 208 Å². The molecule has 1 fully saturated rings. The highest BCUT2D eigenvalue weighted by Gasteiger charge is 2.19. The van der Waals surface area contributed by atoms with Gasteiger partial charge in [0.05, 0.1) is 19.4 Å². The van der Waals surface area contributed by atoms with Crippen LogP contribution in [0.15, 0.2) is 52.1 Å². The largest absolute Gasteiger partial charge is 0.467 e. The van der Waals surface area contributed by atoms with Gasteiger partial charge in [0.2, 0.25) is 0 Å². The number of nitrogens with one attached hydrogen (secondary N) is 3. The second-order valence-corrected chi connectivity index (χ2v) is 7.92. The zero-order valence-corrected chi connectivity index (χ0v) is 21.4. The molecule has 176 valence electrons. The van der Waals surface area contributed by atoms with Crippen molar-refractivity contribution in [1.29, 1.82) is 0 Å². The van der Waals surface area contributed by atoms with Gasteiger partial charge in [0.15, 0.2) is 5.96 Å². The van der Waals surface area contributed by atoms with E-state index in [1.54, 1.807) is 6.26 Å². The van der Waals surface area contributed by atoms with Gasteiger partial charge in [-0.25, -0.2) is 4.99 Å². The molecule has 0 radical (unpaired) electrons. The van der Waals surface area contributed by atoms with E-state index in [1.807, 2.05) is 36.4 Å². The van der Waals surface area contributed by atoms with Crippen molar-refractivity contribution < 1.29 is 9.21 Å². The van der Waals surface area contributed by atoms with Crippen LogP contribution >= 0.6 is 24.0 Å². The van der Waals surface area contributed by atoms with Crippen molar-refractivity contribution in [3.8, 4) is 0 Å². The first-order valence-electron chi connectivity index (χ1n) is 11.3. The maximum absolute atomic E-state index is 12.5. The van der Waals surface area contributed by atoms with Crippen LogP contribution in [0.1, 0.15) is 54.8 Å². The second kappa shape index (κ2) is 14.2. The van der Waals surface area contributed by atoms with Crippen molar-refractivity contribution in [2.24, 2.45) is 4.99 Å². The maximum Gasteiger partial charge on any atom is 0.251 e. The van der Waals surface area contributed by atoms with Crippen LogP contribution in [-0.4, -0.2) is 49.0 Å². The van der Waals surface area contributed by atoms with Gasteiger partial charge >= 0.3 is 0 Å². The first-order valence-corrected chi connectivity index (χ1v) is 11.3. The van der Waals surface area contributed by atoms with E-state index in [0.717, 1.165) is 49.8 Å². The average molecular weight is 553 g/mol. The quantitative estimate of drug-likeness (QED) is 0.251. The molecular weight excluding hydrogens is 517 g/mol. The summed E-state index contributed by atoms with van der Waals surface area (Å²) in [6, 6.07) is 11.7. The lowest BCUT2D eigenvalue weighted by Gasteiger charge is -2.32. The Kier molecular flexibility index (Phi) is 11.6. The fourth-order valence-electron chi connectivity index (χ4n) is 3.79. The van der Waals surface area contributed by atoms with E-state index in [-0.39, 0.29) is 29.9 Å². The number of amides is 1. The van der Waals surface area contributed by atoms with Gasteiger partial charge in [0.1, 0.15) is 5.76 Å². The summed E-state index contributed by atoms with van der Waals surface area (Å²) in [6.45, 7) is 9.48. The van der Waals surface area contributed by atoms with E-state index in [9.17, 15) is 4.79 Å². The average Bonchev–Trinajstić information content (AvgIpc) is 3.31. The van der Waals surface area contributed by atoms with Gasteiger partial charge in [-0.2, -0.15) is 0 Å². The van der Waals surface area contributed by atoms with E-state index in [4.69, 9.17) is 9.41 Å². The molecule has 3 rings (SSSR count). The summed E-state index contributed by atoms with van der Waals surface area (Å²) in [7, 11) is 0. The predicted molar refractivity (Wildman–Crippen MR) is 139 cm³/mol. The third-order valence-electron chi connectivity index (χ3n) is 5.42. The van der Waals surface area contributed by atoms with Crippen LogP contribution in [0.3, 0.4) is 0 Å². The Morgan fingerprint density at radius 3 is 2.66 bits per heavy atom. The number of hydrogen-bond donors (Lipinski definition) is 3. The Bertz CT molecular complexity index is 833. The summed E-state index contributed by atoms with van der Waals surface area (Å²) in [5.41, 5.74) is 1.63. The van der Waals surface area contributed by atoms with Crippen LogP contribution in [0.25, 0.3) is 0 Å². The van der Waals surface area contributed by atoms with Crippen molar-refractivity contribution >= 4 is 35.8 Å². The number of piperidine rings is 1. The summed E-state index contributed by atoms with van der Waals surface area (Å²) >= 11 is 0. The number of halogens is 1. The van der Waals surface area contributed by atoms with E-state index in [1.165, 1.54) is 13.0 Å². The summed E-state index contributed by atoms with van der Waals surface area (Å²) in [5.74, 6) is 1.45. The molecule has 32 heavy (non-hydrogen) atoms. The van der Waals surface area contributed by atoms with Crippen molar-refractivity contribution in [3.63, 3.8) is 0 Å². The van der Waals surface area contributed by atoms with E-state index in [0.29, 0.717) is 24.7 Å². The number of likely N-dealkylation sites (tertiary alicyclic amines) is 1. The monoisotopic (exact) mass is 553 g/mol. The molecule has 1 aromatic carbocycles. The van der Waals surface area contributed by atoms with E-state index in [2.05, 4.69) is 34.7 Å². The molecule has 1 saturated heterocycles. The molecular formula is C24H36IN5O2. The summed E-state index contributed by atoms with van der Waals surface area (Å²) in [4.78, 5) is 19.7. The van der Waals surface area contributed by atoms with Crippen molar-refractivity contribution in [2.45, 2.75) is 52.2 Å². The minimum atomic E-state index is -0.119. The lowest BCUT2D eigenvalue weighted by molar-refractivity contribution is 0.0948. The minimum Gasteiger partial charge on any atom is -0.467 e. The zero-order chi connectivity index (χ0) is 21.9. The lowest BCUT2D eigenvalue weighted by Crippen LogP contribution is -2.48. The molecule has 0 aliphatic carbocycles. The number of aliphatic imine (C=N–C) groups is 1. The highest BCUT2D eigenvalue weighted by molar-refractivity contribution is 14.0. The highest BCUT2D eigenvalue weighted by Crippen LogP contribution is 2.11. The van der Waals surface area contributed by atoms with Crippen LogP contribution in [-0.2, 0) is 13.1 Å².